The van der Waals surface area contributed by atoms with Crippen LogP contribution >= 0.6 is 0 Å². The van der Waals surface area contributed by atoms with E-state index in [4.69, 9.17) is 0 Å². The quantitative estimate of drug-likeness (QED) is 0.383. The number of hydrogen-bond acceptors (Lipinski definition) is 5. The number of nitrogens with zero attached hydrogens (tertiary/aromatic N) is 5. The van der Waals surface area contributed by atoms with Crippen LogP contribution in [0.5, 0.6) is 0 Å². The molecule has 2 heterocycles. The van der Waals surface area contributed by atoms with Crippen molar-refractivity contribution in [1.29, 1.82) is 0 Å². The zero-order valence-corrected chi connectivity index (χ0v) is 21.0. The van der Waals surface area contributed by atoms with E-state index in [0.29, 0.717) is 18.0 Å². The van der Waals surface area contributed by atoms with Gasteiger partial charge in [-0.15, -0.1) is 5.10 Å². The molecule has 0 aliphatic heterocycles. The molecule has 0 radical (unpaired) electrons. The molecule has 7 nitrogen and oxygen atoms in total. The lowest BCUT2D eigenvalue weighted by atomic mass is 9.94. The molecule has 0 aliphatic rings. The number of carbonyl (C=O) groups is 1. The summed E-state index contributed by atoms with van der Waals surface area (Å²) in [6, 6.07) is 8.72. The van der Waals surface area contributed by atoms with Gasteiger partial charge in [0.2, 0.25) is 5.91 Å². The Labute approximate surface area is 203 Å². The Morgan fingerprint density at radius 2 is 2.09 bits per heavy atom. The zero-order valence-electron chi connectivity index (χ0n) is 21.0. The summed E-state index contributed by atoms with van der Waals surface area (Å²) in [4.78, 5) is 18.6. The maximum Gasteiger partial charge on any atom is 0.246 e. The number of hydrogen-bond donors (Lipinski definition) is 1. The number of carbonyl (C=O) groups excluding carboxylic acids is 1. The van der Waals surface area contributed by atoms with Crippen molar-refractivity contribution in [3.8, 4) is 0 Å². The van der Waals surface area contributed by atoms with Gasteiger partial charge in [0.15, 0.2) is 0 Å². The van der Waals surface area contributed by atoms with Gasteiger partial charge in [-0.2, -0.15) is 0 Å². The molecule has 1 aromatic carbocycles. The van der Waals surface area contributed by atoms with Gasteiger partial charge in [-0.3, -0.25) is 14.5 Å². The van der Waals surface area contributed by atoms with Crippen molar-refractivity contribution in [3.63, 3.8) is 0 Å². The van der Waals surface area contributed by atoms with E-state index in [1.54, 1.807) is 6.92 Å². The van der Waals surface area contributed by atoms with Gasteiger partial charge < -0.3 is 10.2 Å². The highest BCUT2D eigenvalue weighted by molar-refractivity contribution is 5.91. The number of benzene rings is 1. The van der Waals surface area contributed by atoms with E-state index in [0.717, 1.165) is 43.8 Å². The number of pyridine rings is 1. The van der Waals surface area contributed by atoms with Crippen LogP contribution in [-0.2, 0) is 24.3 Å². The molecule has 0 spiro atoms. The van der Waals surface area contributed by atoms with E-state index < -0.39 is 0 Å². The first-order valence-corrected chi connectivity index (χ1v) is 12.2. The Bertz CT molecular complexity index is 1110. The van der Waals surface area contributed by atoms with Crippen LogP contribution < -0.4 is 5.32 Å². The molecule has 0 saturated heterocycles. The van der Waals surface area contributed by atoms with Gasteiger partial charge in [-0.1, -0.05) is 37.8 Å². The number of nitrogens with one attached hydrogen (secondary N) is 1. The number of likely N-dealkylation sites (N-methyl/N-ethyl adjacent to an activating group) is 1. The zero-order chi connectivity index (χ0) is 24.5. The Morgan fingerprint density at radius 1 is 1.26 bits per heavy atom. The van der Waals surface area contributed by atoms with Crippen molar-refractivity contribution in [2.75, 3.05) is 19.6 Å². The SMILES string of the molecule is C=C(C)C(=O)NCc1cn(CCN(CC)CCCC(C)Cc2ccnc3cc(C)ccc23)nn1. The Kier molecular flexibility index (Phi) is 9.33. The monoisotopic (exact) mass is 462 g/mol. The predicted octanol–water partition coefficient (Wildman–Crippen LogP) is 4.31. The van der Waals surface area contributed by atoms with Gasteiger partial charge in [0.1, 0.15) is 5.69 Å². The molecule has 0 fully saturated rings. The normalized spacial score (nSPS) is 12.3. The van der Waals surface area contributed by atoms with Gasteiger partial charge in [0, 0.05) is 23.7 Å². The minimum atomic E-state index is -0.159. The molecule has 3 aromatic rings. The molecule has 2 aromatic heterocycles. The van der Waals surface area contributed by atoms with Crippen LogP contribution in [0.2, 0.25) is 0 Å². The minimum absolute atomic E-state index is 0.159. The third-order valence-electron chi connectivity index (χ3n) is 6.22. The summed E-state index contributed by atoms with van der Waals surface area (Å²) in [7, 11) is 0. The van der Waals surface area contributed by atoms with E-state index in [2.05, 4.69) is 77.1 Å². The van der Waals surface area contributed by atoms with E-state index >= 15 is 0 Å². The number of fused-ring (bicyclic) bond motifs is 1. The predicted molar refractivity (Wildman–Crippen MR) is 137 cm³/mol. The fourth-order valence-corrected chi connectivity index (χ4v) is 4.16. The maximum absolute atomic E-state index is 11.6. The first kappa shape index (κ1) is 25.6. The summed E-state index contributed by atoms with van der Waals surface area (Å²) in [5.74, 6) is 0.464. The van der Waals surface area contributed by atoms with Gasteiger partial charge >= 0.3 is 0 Å². The van der Waals surface area contributed by atoms with Crippen LogP contribution in [0, 0.1) is 12.8 Å². The minimum Gasteiger partial charge on any atom is -0.347 e. The standard InChI is InChI=1S/C27H38N6O/c1-6-32(14-15-33-19-24(30-31-33)18-29-27(34)20(2)3)13-7-8-21(4)16-23-11-12-28-26-17-22(5)9-10-25(23)26/h9-12,17,19,21H,2,6-8,13-16,18H2,1,3-5H3,(H,29,34). The molecular formula is C27H38N6O. The first-order valence-electron chi connectivity index (χ1n) is 12.2. The Morgan fingerprint density at radius 3 is 2.85 bits per heavy atom. The number of amides is 1. The van der Waals surface area contributed by atoms with Crippen LogP contribution in [-0.4, -0.2) is 50.4 Å². The van der Waals surface area contributed by atoms with Crippen LogP contribution in [0.25, 0.3) is 10.9 Å². The van der Waals surface area contributed by atoms with E-state index in [1.165, 1.54) is 29.4 Å². The molecule has 1 amide bonds. The van der Waals surface area contributed by atoms with E-state index in [9.17, 15) is 4.79 Å². The number of aryl methyl sites for hydroxylation is 1. The summed E-state index contributed by atoms with van der Waals surface area (Å²) < 4.78 is 1.85. The van der Waals surface area contributed by atoms with Crippen LogP contribution in [0.3, 0.4) is 0 Å². The van der Waals surface area contributed by atoms with Gasteiger partial charge in [-0.25, -0.2) is 0 Å². The van der Waals surface area contributed by atoms with Crippen molar-refractivity contribution in [2.45, 2.75) is 60.0 Å². The van der Waals surface area contributed by atoms with Crippen LogP contribution in [0.4, 0.5) is 0 Å². The lowest BCUT2D eigenvalue weighted by Gasteiger charge is -2.21. The molecule has 1 N–H and O–H groups in total. The van der Waals surface area contributed by atoms with Crippen molar-refractivity contribution in [3.05, 3.63) is 65.6 Å². The average molecular weight is 463 g/mol. The van der Waals surface area contributed by atoms with E-state index in [-0.39, 0.29) is 5.91 Å². The second kappa shape index (κ2) is 12.4. The second-order valence-electron chi connectivity index (χ2n) is 9.31. The number of rotatable bonds is 13. The average Bonchev–Trinajstić information content (AvgIpc) is 3.27. The van der Waals surface area contributed by atoms with Crippen molar-refractivity contribution < 1.29 is 4.79 Å². The van der Waals surface area contributed by atoms with Gasteiger partial charge in [0.05, 0.1) is 24.8 Å². The lowest BCUT2D eigenvalue weighted by Crippen LogP contribution is -2.29. The molecule has 1 unspecified atom stereocenters. The molecule has 0 saturated carbocycles. The van der Waals surface area contributed by atoms with Gasteiger partial charge in [-0.05, 0) is 75.4 Å². The summed E-state index contributed by atoms with van der Waals surface area (Å²) in [6.45, 7) is 16.2. The smallest absolute Gasteiger partial charge is 0.246 e. The van der Waals surface area contributed by atoms with Gasteiger partial charge in [0.25, 0.3) is 0 Å². The second-order valence-corrected chi connectivity index (χ2v) is 9.31. The third kappa shape index (κ3) is 7.48. The first-order chi connectivity index (χ1) is 16.4. The van der Waals surface area contributed by atoms with Crippen molar-refractivity contribution >= 4 is 16.8 Å². The molecule has 182 valence electrons. The molecule has 3 rings (SSSR count). The highest BCUT2D eigenvalue weighted by atomic mass is 16.1. The molecule has 0 bridgehead atoms. The highest BCUT2D eigenvalue weighted by Gasteiger charge is 2.10. The summed E-state index contributed by atoms with van der Waals surface area (Å²) >= 11 is 0. The summed E-state index contributed by atoms with van der Waals surface area (Å²) in [5.41, 5.74) is 4.99. The van der Waals surface area contributed by atoms with Crippen molar-refractivity contribution in [2.24, 2.45) is 5.92 Å². The Balaban J connectivity index is 1.41. The maximum atomic E-state index is 11.6. The summed E-state index contributed by atoms with van der Waals surface area (Å²) in [6.07, 6.45) is 7.29. The molecular weight excluding hydrogens is 424 g/mol. The molecule has 7 heteroatoms. The highest BCUT2D eigenvalue weighted by Crippen LogP contribution is 2.22. The molecule has 0 aliphatic carbocycles. The summed E-state index contributed by atoms with van der Waals surface area (Å²) in [5, 5.41) is 12.4. The van der Waals surface area contributed by atoms with Crippen LogP contribution in [0.15, 0.2) is 48.8 Å². The fraction of sp³-hybridized carbons (Fsp3) is 0.481. The number of aromatic nitrogens is 4. The topological polar surface area (TPSA) is 75.9 Å². The van der Waals surface area contributed by atoms with Crippen LogP contribution in [0.1, 0.15) is 50.4 Å². The Hall–Kier alpha value is -3.06. The fourth-order valence-electron chi connectivity index (χ4n) is 4.16. The lowest BCUT2D eigenvalue weighted by molar-refractivity contribution is -0.117. The molecule has 1 atom stereocenters. The van der Waals surface area contributed by atoms with E-state index in [1.807, 2.05) is 17.1 Å². The van der Waals surface area contributed by atoms with Crippen molar-refractivity contribution in [1.82, 2.24) is 30.2 Å². The molecule has 34 heavy (non-hydrogen) atoms. The third-order valence-corrected chi connectivity index (χ3v) is 6.22. The largest absolute Gasteiger partial charge is 0.347 e.